The van der Waals surface area contributed by atoms with Gasteiger partial charge in [-0.15, -0.1) is 0 Å². The van der Waals surface area contributed by atoms with Gasteiger partial charge in [-0.25, -0.2) is 5.06 Å². The summed E-state index contributed by atoms with van der Waals surface area (Å²) in [6.07, 6.45) is 2.60. The molecular weight excluding hydrogens is 208 g/mol. The molecule has 0 atom stereocenters. The molecular formula is C11H20N2O3. The molecule has 0 aliphatic carbocycles. The predicted octanol–water partition coefficient (Wildman–Crippen LogP) is 0.167. The second kappa shape index (κ2) is 5.12. The van der Waals surface area contributed by atoms with Gasteiger partial charge in [0.2, 0.25) is 0 Å². The number of hydroxylamine groups is 2. The van der Waals surface area contributed by atoms with Crippen molar-refractivity contribution in [2.24, 2.45) is 5.41 Å². The zero-order chi connectivity index (χ0) is 11.4. The van der Waals surface area contributed by atoms with Crippen LogP contribution in [0.25, 0.3) is 0 Å². The standard InChI is InChI=1S/C11H20N2O3/c1-15-9-11(3-5-12-6-4-11)10(14)13-7-2-8-16-13/h12H,2-9H2,1H3. The van der Waals surface area contributed by atoms with E-state index in [2.05, 4.69) is 5.32 Å². The lowest BCUT2D eigenvalue weighted by Crippen LogP contribution is -2.50. The van der Waals surface area contributed by atoms with E-state index in [-0.39, 0.29) is 11.3 Å². The number of piperidine rings is 1. The fourth-order valence-corrected chi connectivity index (χ4v) is 2.47. The van der Waals surface area contributed by atoms with Crippen LogP contribution in [0.1, 0.15) is 19.3 Å². The maximum atomic E-state index is 12.4. The van der Waals surface area contributed by atoms with Crippen LogP contribution < -0.4 is 5.32 Å². The summed E-state index contributed by atoms with van der Waals surface area (Å²) in [7, 11) is 1.65. The number of hydrogen-bond acceptors (Lipinski definition) is 4. The molecule has 0 aromatic heterocycles. The molecule has 0 aromatic carbocycles. The second-order valence-corrected chi connectivity index (χ2v) is 4.56. The molecule has 2 aliphatic heterocycles. The Morgan fingerprint density at radius 3 is 2.81 bits per heavy atom. The summed E-state index contributed by atoms with van der Waals surface area (Å²) in [6, 6.07) is 0. The summed E-state index contributed by atoms with van der Waals surface area (Å²) < 4.78 is 5.23. The summed E-state index contributed by atoms with van der Waals surface area (Å²) in [5.41, 5.74) is -0.371. The average molecular weight is 228 g/mol. The molecule has 2 heterocycles. The number of carbonyl (C=O) groups is 1. The Labute approximate surface area is 96.0 Å². The van der Waals surface area contributed by atoms with Crippen molar-refractivity contribution < 1.29 is 14.4 Å². The topological polar surface area (TPSA) is 50.8 Å². The fraction of sp³-hybridized carbons (Fsp3) is 0.909. The fourth-order valence-electron chi connectivity index (χ4n) is 2.47. The van der Waals surface area contributed by atoms with Gasteiger partial charge in [0.15, 0.2) is 0 Å². The molecule has 2 saturated heterocycles. The van der Waals surface area contributed by atoms with Crippen molar-refractivity contribution in [1.82, 2.24) is 10.4 Å². The summed E-state index contributed by atoms with van der Waals surface area (Å²) >= 11 is 0. The van der Waals surface area contributed by atoms with E-state index in [0.717, 1.165) is 38.9 Å². The third-order valence-electron chi connectivity index (χ3n) is 3.41. The number of nitrogens with one attached hydrogen (secondary N) is 1. The Morgan fingerprint density at radius 1 is 1.50 bits per heavy atom. The minimum Gasteiger partial charge on any atom is -0.384 e. The van der Waals surface area contributed by atoms with E-state index in [1.807, 2.05) is 0 Å². The van der Waals surface area contributed by atoms with Crippen LogP contribution in [0.5, 0.6) is 0 Å². The van der Waals surface area contributed by atoms with Crippen molar-refractivity contribution in [2.75, 3.05) is 40.0 Å². The smallest absolute Gasteiger partial charge is 0.254 e. The van der Waals surface area contributed by atoms with E-state index >= 15 is 0 Å². The number of methoxy groups -OCH3 is 1. The lowest BCUT2D eigenvalue weighted by molar-refractivity contribution is -0.185. The third-order valence-corrected chi connectivity index (χ3v) is 3.41. The largest absolute Gasteiger partial charge is 0.384 e. The minimum atomic E-state index is -0.371. The molecule has 0 saturated carbocycles. The Balaban J connectivity index is 2.07. The minimum absolute atomic E-state index is 0.105. The van der Waals surface area contributed by atoms with Gasteiger partial charge in [-0.3, -0.25) is 9.63 Å². The van der Waals surface area contributed by atoms with Crippen molar-refractivity contribution in [2.45, 2.75) is 19.3 Å². The monoisotopic (exact) mass is 228 g/mol. The zero-order valence-corrected chi connectivity index (χ0v) is 9.83. The van der Waals surface area contributed by atoms with Crippen LogP contribution in [0.4, 0.5) is 0 Å². The first-order chi connectivity index (χ1) is 7.78. The maximum absolute atomic E-state index is 12.4. The van der Waals surface area contributed by atoms with E-state index in [1.165, 1.54) is 5.06 Å². The molecule has 0 spiro atoms. The summed E-state index contributed by atoms with van der Waals surface area (Å²) in [5.74, 6) is 0.105. The van der Waals surface area contributed by atoms with Crippen molar-refractivity contribution in [3.8, 4) is 0 Å². The van der Waals surface area contributed by atoms with Gasteiger partial charge in [-0.05, 0) is 32.4 Å². The maximum Gasteiger partial charge on any atom is 0.254 e. The SMILES string of the molecule is COCC1(C(=O)N2CCCO2)CCNCC1. The first-order valence-corrected chi connectivity index (χ1v) is 5.93. The van der Waals surface area contributed by atoms with Crippen LogP contribution in [0.3, 0.4) is 0 Å². The van der Waals surface area contributed by atoms with Gasteiger partial charge in [0, 0.05) is 7.11 Å². The molecule has 5 heteroatoms. The second-order valence-electron chi connectivity index (χ2n) is 4.56. The highest BCUT2D eigenvalue weighted by Crippen LogP contribution is 2.32. The highest BCUT2D eigenvalue weighted by molar-refractivity contribution is 5.82. The molecule has 2 fully saturated rings. The zero-order valence-electron chi connectivity index (χ0n) is 9.83. The van der Waals surface area contributed by atoms with E-state index < -0.39 is 0 Å². The lowest BCUT2D eigenvalue weighted by Gasteiger charge is -2.37. The van der Waals surface area contributed by atoms with E-state index in [4.69, 9.17) is 9.57 Å². The highest BCUT2D eigenvalue weighted by Gasteiger charge is 2.43. The van der Waals surface area contributed by atoms with Crippen LogP contribution >= 0.6 is 0 Å². The van der Waals surface area contributed by atoms with Crippen LogP contribution in [0.2, 0.25) is 0 Å². The molecule has 92 valence electrons. The molecule has 1 N–H and O–H groups in total. The summed E-state index contributed by atoms with van der Waals surface area (Å²) in [4.78, 5) is 17.8. The third kappa shape index (κ3) is 2.21. The quantitative estimate of drug-likeness (QED) is 0.748. The molecule has 0 radical (unpaired) electrons. The van der Waals surface area contributed by atoms with Gasteiger partial charge < -0.3 is 10.1 Å². The Morgan fingerprint density at radius 2 is 2.25 bits per heavy atom. The van der Waals surface area contributed by atoms with Gasteiger partial charge >= 0.3 is 0 Å². The first-order valence-electron chi connectivity index (χ1n) is 5.93. The van der Waals surface area contributed by atoms with Gasteiger partial charge in [-0.2, -0.15) is 0 Å². The van der Waals surface area contributed by atoms with Gasteiger partial charge in [-0.1, -0.05) is 0 Å². The van der Waals surface area contributed by atoms with Crippen LogP contribution in [0.15, 0.2) is 0 Å². The molecule has 0 bridgehead atoms. The molecule has 16 heavy (non-hydrogen) atoms. The molecule has 5 nitrogen and oxygen atoms in total. The molecule has 0 unspecified atom stereocenters. The summed E-state index contributed by atoms with van der Waals surface area (Å²) in [5, 5.41) is 4.81. The molecule has 2 aliphatic rings. The van der Waals surface area contributed by atoms with E-state index in [1.54, 1.807) is 7.11 Å². The van der Waals surface area contributed by atoms with Crippen molar-refractivity contribution in [3.05, 3.63) is 0 Å². The average Bonchev–Trinajstić information content (AvgIpc) is 2.83. The number of hydrogen-bond donors (Lipinski definition) is 1. The highest BCUT2D eigenvalue weighted by atomic mass is 16.7. The van der Waals surface area contributed by atoms with E-state index in [0.29, 0.717) is 13.2 Å². The Bertz CT molecular complexity index is 240. The number of nitrogens with zero attached hydrogens (tertiary/aromatic N) is 1. The van der Waals surface area contributed by atoms with Crippen molar-refractivity contribution in [3.63, 3.8) is 0 Å². The summed E-state index contributed by atoms with van der Waals surface area (Å²) in [6.45, 7) is 3.63. The van der Waals surface area contributed by atoms with Crippen LogP contribution in [-0.2, 0) is 14.4 Å². The number of ether oxygens (including phenoxy) is 1. The van der Waals surface area contributed by atoms with Crippen molar-refractivity contribution in [1.29, 1.82) is 0 Å². The van der Waals surface area contributed by atoms with Gasteiger partial charge in [0.1, 0.15) is 0 Å². The van der Waals surface area contributed by atoms with Crippen LogP contribution in [0, 0.1) is 5.41 Å². The number of rotatable bonds is 3. The van der Waals surface area contributed by atoms with Gasteiger partial charge in [0.05, 0.1) is 25.2 Å². The first kappa shape index (κ1) is 11.8. The molecule has 1 amide bonds. The Kier molecular flexibility index (Phi) is 3.78. The van der Waals surface area contributed by atoms with Crippen molar-refractivity contribution >= 4 is 5.91 Å². The van der Waals surface area contributed by atoms with Crippen LogP contribution in [-0.4, -0.2) is 50.9 Å². The normalized spacial score (nSPS) is 24.7. The predicted molar refractivity (Wildman–Crippen MR) is 58.7 cm³/mol. The Hall–Kier alpha value is -0.650. The number of amides is 1. The van der Waals surface area contributed by atoms with Gasteiger partial charge in [0.25, 0.3) is 5.91 Å². The lowest BCUT2D eigenvalue weighted by atomic mass is 9.78. The number of carbonyl (C=O) groups excluding carboxylic acids is 1. The molecule has 2 rings (SSSR count). The van der Waals surface area contributed by atoms with E-state index in [9.17, 15) is 4.79 Å². The molecule has 0 aromatic rings.